The Morgan fingerprint density at radius 1 is 1.38 bits per heavy atom. The van der Waals surface area contributed by atoms with E-state index in [1.165, 1.54) is 11.1 Å². The zero-order valence-electron chi connectivity index (χ0n) is 12.3. The van der Waals surface area contributed by atoms with Gasteiger partial charge in [-0.05, 0) is 16.7 Å². The van der Waals surface area contributed by atoms with E-state index in [9.17, 15) is 4.79 Å². The third kappa shape index (κ3) is 3.14. The maximum Gasteiger partial charge on any atom is 0.271 e. The summed E-state index contributed by atoms with van der Waals surface area (Å²) in [7, 11) is 0. The van der Waals surface area contributed by atoms with Gasteiger partial charge in [-0.2, -0.15) is 0 Å². The maximum absolute atomic E-state index is 12.1. The van der Waals surface area contributed by atoms with E-state index in [0.29, 0.717) is 18.2 Å². The minimum atomic E-state index is -0.100. The second-order valence-electron chi connectivity index (χ2n) is 5.61. The van der Waals surface area contributed by atoms with E-state index in [2.05, 4.69) is 47.7 Å². The summed E-state index contributed by atoms with van der Waals surface area (Å²) in [6.45, 7) is 6.57. The molecule has 2 N–H and O–H groups in total. The molecule has 1 amide bonds. The topological polar surface area (TPSA) is 54.0 Å². The fourth-order valence-corrected chi connectivity index (χ4v) is 3.20. The number of thiazole rings is 1. The molecule has 1 aromatic heterocycles. The Kier molecular flexibility index (Phi) is 4.03. The summed E-state index contributed by atoms with van der Waals surface area (Å²) >= 11 is 1.54. The molecule has 1 aliphatic heterocycles. The van der Waals surface area contributed by atoms with Crippen molar-refractivity contribution in [2.24, 2.45) is 0 Å². The highest BCUT2D eigenvalue weighted by molar-refractivity contribution is 7.09. The fraction of sp³-hybridized carbons (Fsp3) is 0.375. The van der Waals surface area contributed by atoms with E-state index >= 15 is 0 Å². The molecular formula is C16H19N3OS. The molecule has 4 nitrogen and oxygen atoms in total. The van der Waals surface area contributed by atoms with Crippen LogP contribution in [0, 0.1) is 0 Å². The summed E-state index contributed by atoms with van der Waals surface area (Å²) < 4.78 is 0. The second kappa shape index (κ2) is 5.95. The van der Waals surface area contributed by atoms with Gasteiger partial charge in [0, 0.05) is 30.9 Å². The number of nitrogens with zero attached hydrogens (tertiary/aromatic N) is 1. The lowest BCUT2D eigenvalue weighted by atomic mass is 10.1. The molecule has 1 aromatic carbocycles. The van der Waals surface area contributed by atoms with Gasteiger partial charge in [-0.3, -0.25) is 4.79 Å². The number of amides is 1. The summed E-state index contributed by atoms with van der Waals surface area (Å²) in [5.74, 6) is 0.262. The molecule has 110 valence electrons. The molecule has 0 spiro atoms. The Bertz CT molecular complexity index is 663. The predicted molar refractivity (Wildman–Crippen MR) is 84.4 cm³/mol. The van der Waals surface area contributed by atoms with Crippen LogP contribution < -0.4 is 10.6 Å². The van der Waals surface area contributed by atoms with Crippen molar-refractivity contribution in [3.05, 3.63) is 51.0 Å². The van der Waals surface area contributed by atoms with Crippen molar-refractivity contribution in [2.75, 3.05) is 0 Å². The lowest BCUT2D eigenvalue weighted by Gasteiger charge is -2.06. The highest BCUT2D eigenvalue weighted by Crippen LogP contribution is 2.19. The average Bonchev–Trinajstić information content (AvgIpc) is 3.12. The van der Waals surface area contributed by atoms with Crippen molar-refractivity contribution < 1.29 is 4.79 Å². The fourth-order valence-electron chi connectivity index (χ4n) is 2.39. The van der Waals surface area contributed by atoms with Crippen LogP contribution in [-0.2, 0) is 19.6 Å². The number of aromatic nitrogens is 1. The van der Waals surface area contributed by atoms with Crippen molar-refractivity contribution in [2.45, 2.75) is 39.4 Å². The first-order chi connectivity index (χ1) is 10.1. The first kappa shape index (κ1) is 14.2. The van der Waals surface area contributed by atoms with Crippen molar-refractivity contribution in [1.29, 1.82) is 0 Å². The van der Waals surface area contributed by atoms with Gasteiger partial charge in [0.1, 0.15) is 5.69 Å². The molecule has 5 heteroatoms. The van der Waals surface area contributed by atoms with E-state index in [1.807, 2.05) is 5.38 Å². The number of carbonyl (C=O) groups is 1. The van der Waals surface area contributed by atoms with Gasteiger partial charge in [-0.1, -0.05) is 32.0 Å². The number of hydrogen-bond acceptors (Lipinski definition) is 4. The van der Waals surface area contributed by atoms with Crippen molar-refractivity contribution in [3.63, 3.8) is 0 Å². The van der Waals surface area contributed by atoms with Gasteiger partial charge in [0.15, 0.2) is 0 Å². The zero-order valence-corrected chi connectivity index (χ0v) is 13.1. The van der Waals surface area contributed by atoms with Gasteiger partial charge >= 0.3 is 0 Å². The Morgan fingerprint density at radius 3 is 2.95 bits per heavy atom. The van der Waals surface area contributed by atoms with Gasteiger partial charge in [0.05, 0.1) is 5.01 Å². The second-order valence-corrected chi connectivity index (χ2v) is 6.50. The maximum atomic E-state index is 12.1. The Morgan fingerprint density at radius 2 is 2.19 bits per heavy atom. The van der Waals surface area contributed by atoms with Crippen LogP contribution in [0.5, 0.6) is 0 Å². The monoisotopic (exact) mass is 301 g/mol. The van der Waals surface area contributed by atoms with Gasteiger partial charge in [0.2, 0.25) is 0 Å². The van der Waals surface area contributed by atoms with E-state index in [1.54, 1.807) is 11.3 Å². The van der Waals surface area contributed by atoms with Gasteiger partial charge < -0.3 is 10.6 Å². The summed E-state index contributed by atoms with van der Waals surface area (Å²) in [5.41, 5.74) is 4.33. The van der Waals surface area contributed by atoms with Crippen molar-refractivity contribution in [3.8, 4) is 0 Å². The van der Waals surface area contributed by atoms with Crippen LogP contribution in [0.4, 0.5) is 0 Å². The van der Waals surface area contributed by atoms with Crippen LogP contribution in [0.15, 0.2) is 23.6 Å². The molecule has 0 unspecified atom stereocenters. The van der Waals surface area contributed by atoms with E-state index in [0.717, 1.165) is 23.7 Å². The van der Waals surface area contributed by atoms with E-state index in [-0.39, 0.29) is 5.91 Å². The molecule has 0 saturated carbocycles. The molecule has 0 fully saturated rings. The van der Waals surface area contributed by atoms with Crippen LogP contribution in [0.3, 0.4) is 0 Å². The van der Waals surface area contributed by atoms with Crippen LogP contribution in [0.2, 0.25) is 0 Å². The van der Waals surface area contributed by atoms with Gasteiger partial charge in [0.25, 0.3) is 5.91 Å². The summed E-state index contributed by atoms with van der Waals surface area (Å²) in [4.78, 5) is 16.5. The smallest absolute Gasteiger partial charge is 0.271 e. The van der Waals surface area contributed by atoms with Gasteiger partial charge in [-0.25, -0.2) is 4.98 Å². The molecule has 2 aromatic rings. The first-order valence-corrected chi connectivity index (χ1v) is 8.06. The lowest BCUT2D eigenvalue weighted by Crippen LogP contribution is -2.23. The number of carbonyl (C=O) groups excluding carboxylic acids is 1. The molecule has 0 bridgehead atoms. The number of hydrogen-bond donors (Lipinski definition) is 2. The van der Waals surface area contributed by atoms with Gasteiger partial charge in [-0.15, -0.1) is 11.3 Å². The molecule has 2 heterocycles. The zero-order chi connectivity index (χ0) is 14.8. The number of nitrogens with one attached hydrogen (secondary N) is 2. The molecule has 21 heavy (non-hydrogen) atoms. The average molecular weight is 301 g/mol. The molecule has 0 aliphatic carbocycles. The SMILES string of the molecule is CC(C)c1nc(C(=O)NCc2ccc3c(c2)CNC3)cs1. The molecule has 1 aliphatic rings. The normalized spacial score (nSPS) is 13.5. The third-order valence-electron chi connectivity index (χ3n) is 3.60. The summed E-state index contributed by atoms with van der Waals surface area (Å²) in [6, 6.07) is 6.37. The minimum absolute atomic E-state index is 0.100. The third-order valence-corrected chi connectivity index (χ3v) is 4.75. The standard InChI is InChI=1S/C16H19N3OS/c1-10(2)16-19-14(9-21-16)15(20)18-6-11-3-4-12-7-17-8-13(12)5-11/h3-5,9-10,17H,6-8H2,1-2H3,(H,18,20). The van der Waals surface area contributed by atoms with Crippen LogP contribution in [0.1, 0.15) is 52.0 Å². The number of fused-ring (bicyclic) bond motifs is 1. The Balaban J connectivity index is 1.62. The lowest BCUT2D eigenvalue weighted by molar-refractivity contribution is 0.0946. The predicted octanol–water partition coefficient (Wildman–Crippen LogP) is 2.80. The summed E-state index contributed by atoms with van der Waals surface area (Å²) in [5, 5.41) is 9.10. The first-order valence-electron chi connectivity index (χ1n) is 7.18. The highest BCUT2D eigenvalue weighted by Gasteiger charge is 2.13. The Labute approximate surface area is 128 Å². The van der Waals surface area contributed by atoms with E-state index < -0.39 is 0 Å². The van der Waals surface area contributed by atoms with Crippen molar-refractivity contribution >= 4 is 17.2 Å². The minimum Gasteiger partial charge on any atom is -0.347 e. The quantitative estimate of drug-likeness (QED) is 0.913. The van der Waals surface area contributed by atoms with Crippen LogP contribution in [0.25, 0.3) is 0 Å². The molecule has 0 radical (unpaired) electrons. The van der Waals surface area contributed by atoms with E-state index in [4.69, 9.17) is 0 Å². The number of rotatable bonds is 4. The highest BCUT2D eigenvalue weighted by atomic mass is 32.1. The Hall–Kier alpha value is -1.72. The van der Waals surface area contributed by atoms with Crippen LogP contribution >= 0.6 is 11.3 Å². The summed E-state index contributed by atoms with van der Waals surface area (Å²) in [6.07, 6.45) is 0. The molecule has 0 atom stereocenters. The number of benzene rings is 1. The van der Waals surface area contributed by atoms with Crippen LogP contribution in [-0.4, -0.2) is 10.9 Å². The van der Waals surface area contributed by atoms with Crippen molar-refractivity contribution in [1.82, 2.24) is 15.6 Å². The molecule has 0 saturated heterocycles. The molecular weight excluding hydrogens is 282 g/mol. The molecule has 3 rings (SSSR count). The largest absolute Gasteiger partial charge is 0.347 e.